The summed E-state index contributed by atoms with van der Waals surface area (Å²) in [6.45, 7) is 6.54. The van der Waals surface area contributed by atoms with Crippen LogP contribution in [0.3, 0.4) is 0 Å². The highest BCUT2D eigenvalue weighted by Gasteiger charge is 2.18. The normalized spacial score (nSPS) is 12.3. The molecule has 3 nitrogen and oxygen atoms in total. The molecule has 0 saturated carbocycles. The standard InChI is InChI=1S/C15H21ClO3/c1-5-12(17)15(16)11-6-7-13(18-4)14(8-11)19-9-10(2)3/h6-8,10,15H,5,9H2,1-4H3. The highest BCUT2D eigenvalue weighted by atomic mass is 35.5. The number of carbonyl (C=O) groups excluding carboxylic acids is 1. The van der Waals surface area contributed by atoms with Gasteiger partial charge in [0.25, 0.3) is 0 Å². The molecule has 0 aliphatic heterocycles. The van der Waals surface area contributed by atoms with Gasteiger partial charge >= 0.3 is 0 Å². The van der Waals surface area contributed by atoms with Gasteiger partial charge in [0, 0.05) is 6.42 Å². The number of ether oxygens (including phenoxy) is 2. The highest BCUT2D eigenvalue weighted by Crippen LogP contribution is 2.33. The van der Waals surface area contributed by atoms with Crippen molar-refractivity contribution in [2.24, 2.45) is 5.92 Å². The summed E-state index contributed by atoms with van der Waals surface area (Å²) < 4.78 is 10.9. The van der Waals surface area contributed by atoms with E-state index >= 15 is 0 Å². The van der Waals surface area contributed by atoms with Gasteiger partial charge in [-0.05, 0) is 23.6 Å². The Hall–Kier alpha value is -1.22. The van der Waals surface area contributed by atoms with Gasteiger partial charge < -0.3 is 9.47 Å². The molecule has 1 aromatic carbocycles. The van der Waals surface area contributed by atoms with Crippen molar-refractivity contribution >= 4 is 17.4 Å². The van der Waals surface area contributed by atoms with E-state index in [0.717, 1.165) is 5.56 Å². The van der Waals surface area contributed by atoms with E-state index in [9.17, 15) is 4.79 Å². The predicted octanol–water partition coefficient (Wildman–Crippen LogP) is 3.99. The van der Waals surface area contributed by atoms with Crippen molar-refractivity contribution in [1.29, 1.82) is 0 Å². The third kappa shape index (κ3) is 4.43. The van der Waals surface area contributed by atoms with Crippen LogP contribution in [0.1, 0.15) is 38.1 Å². The van der Waals surface area contributed by atoms with Gasteiger partial charge in [0.15, 0.2) is 17.3 Å². The summed E-state index contributed by atoms with van der Waals surface area (Å²) in [5.74, 6) is 1.69. The Morgan fingerprint density at radius 3 is 2.53 bits per heavy atom. The summed E-state index contributed by atoms with van der Waals surface area (Å²) in [6.07, 6.45) is 0.419. The Labute approximate surface area is 119 Å². The fourth-order valence-electron chi connectivity index (χ4n) is 1.59. The van der Waals surface area contributed by atoms with Crippen LogP contribution >= 0.6 is 11.6 Å². The summed E-state index contributed by atoms with van der Waals surface area (Å²) in [5, 5.41) is -0.627. The maximum absolute atomic E-state index is 11.6. The maximum Gasteiger partial charge on any atom is 0.161 e. The van der Waals surface area contributed by atoms with Crippen LogP contribution in [0.25, 0.3) is 0 Å². The molecule has 0 aliphatic rings. The van der Waals surface area contributed by atoms with Crippen LogP contribution in [0.4, 0.5) is 0 Å². The van der Waals surface area contributed by atoms with Crippen LogP contribution in [0.5, 0.6) is 11.5 Å². The minimum Gasteiger partial charge on any atom is -0.493 e. The van der Waals surface area contributed by atoms with Gasteiger partial charge in [0.1, 0.15) is 5.38 Å². The van der Waals surface area contributed by atoms with Gasteiger partial charge in [-0.1, -0.05) is 26.8 Å². The lowest BCUT2D eigenvalue weighted by atomic mass is 10.1. The van der Waals surface area contributed by atoms with Crippen molar-refractivity contribution in [1.82, 2.24) is 0 Å². The maximum atomic E-state index is 11.6. The van der Waals surface area contributed by atoms with Crippen LogP contribution < -0.4 is 9.47 Å². The number of benzene rings is 1. The molecule has 0 aromatic heterocycles. The second-order valence-electron chi connectivity index (χ2n) is 4.80. The summed E-state index contributed by atoms with van der Waals surface area (Å²) >= 11 is 6.14. The van der Waals surface area contributed by atoms with E-state index in [2.05, 4.69) is 13.8 Å². The van der Waals surface area contributed by atoms with Gasteiger partial charge in [-0.2, -0.15) is 0 Å². The number of halogens is 1. The Morgan fingerprint density at radius 1 is 1.32 bits per heavy atom. The summed E-state index contributed by atoms with van der Waals surface area (Å²) in [5.41, 5.74) is 0.744. The summed E-state index contributed by atoms with van der Waals surface area (Å²) in [7, 11) is 1.59. The number of Topliss-reactive ketones (excluding diaryl/α,β-unsaturated/α-hetero) is 1. The quantitative estimate of drug-likeness (QED) is 0.710. The molecule has 0 N–H and O–H groups in total. The third-order valence-electron chi connectivity index (χ3n) is 2.68. The SMILES string of the molecule is CCC(=O)C(Cl)c1ccc(OC)c(OCC(C)C)c1. The molecule has 1 unspecified atom stereocenters. The van der Waals surface area contributed by atoms with E-state index in [1.165, 1.54) is 0 Å². The largest absolute Gasteiger partial charge is 0.493 e. The van der Waals surface area contributed by atoms with Crippen LogP contribution in [-0.2, 0) is 4.79 Å². The number of alkyl halides is 1. The number of hydrogen-bond acceptors (Lipinski definition) is 3. The van der Waals surface area contributed by atoms with Crippen molar-refractivity contribution < 1.29 is 14.3 Å². The van der Waals surface area contributed by atoms with Gasteiger partial charge in [-0.25, -0.2) is 0 Å². The molecule has 0 heterocycles. The molecule has 0 bridgehead atoms. The number of ketones is 1. The van der Waals surface area contributed by atoms with Gasteiger partial charge in [-0.3, -0.25) is 4.79 Å². The number of methoxy groups -OCH3 is 1. The Bertz CT molecular complexity index is 429. The smallest absolute Gasteiger partial charge is 0.161 e. The van der Waals surface area contributed by atoms with Gasteiger partial charge in [0.2, 0.25) is 0 Å². The Balaban J connectivity index is 2.97. The van der Waals surface area contributed by atoms with E-state index in [0.29, 0.717) is 30.4 Å². The zero-order valence-corrected chi connectivity index (χ0v) is 12.7. The topological polar surface area (TPSA) is 35.5 Å². The third-order valence-corrected chi connectivity index (χ3v) is 3.18. The predicted molar refractivity (Wildman–Crippen MR) is 77.2 cm³/mol. The van der Waals surface area contributed by atoms with E-state index < -0.39 is 5.38 Å². The lowest BCUT2D eigenvalue weighted by molar-refractivity contribution is -0.118. The van der Waals surface area contributed by atoms with Crippen molar-refractivity contribution in [3.63, 3.8) is 0 Å². The second-order valence-corrected chi connectivity index (χ2v) is 5.23. The monoisotopic (exact) mass is 284 g/mol. The average molecular weight is 285 g/mol. The van der Waals surface area contributed by atoms with Crippen LogP contribution in [-0.4, -0.2) is 19.5 Å². The average Bonchev–Trinajstić information content (AvgIpc) is 2.42. The minimum atomic E-state index is -0.627. The molecule has 0 amide bonds. The van der Waals surface area contributed by atoms with E-state index in [1.807, 2.05) is 0 Å². The van der Waals surface area contributed by atoms with Crippen molar-refractivity contribution in [3.8, 4) is 11.5 Å². The first-order valence-corrected chi connectivity index (χ1v) is 6.90. The Morgan fingerprint density at radius 2 is 2.00 bits per heavy atom. The minimum absolute atomic E-state index is 0.00152. The lowest BCUT2D eigenvalue weighted by Gasteiger charge is -2.15. The first kappa shape index (κ1) is 15.8. The molecule has 1 aromatic rings. The molecular formula is C15H21ClO3. The van der Waals surface area contributed by atoms with E-state index in [-0.39, 0.29) is 5.78 Å². The summed E-state index contributed by atoms with van der Waals surface area (Å²) in [6, 6.07) is 5.36. The van der Waals surface area contributed by atoms with Crippen molar-refractivity contribution in [3.05, 3.63) is 23.8 Å². The number of carbonyl (C=O) groups is 1. The molecule has 0 spiro atoms. The number of rotatable bonds is 7. The molecule has 1 rings (SSSR count). The summed E-state index contributed by atoms with van der Waals surface area (Å²) in [4.78, 5) is 11.6. The van der Waals surface area contributed by atoms with E-state index in [4.69, 9.17) is 21.1 Å². The van der Waals surface area contributed by atoms with Crippen LogP contribution in [0.15, 0.2) is 18.2 Å². The van der Waals surface area contributed by atoms with Crippen LogP contribution in [0.2, 0.25) is 0 Å². The fraction of sp³-hybridized carbons (Fsp3) is 0.533. The molecule has 19 heavy (non-hydrogen) atoms. The van der Waals surface area contributed by atoms with Gasteiger partial charge in [0.05, 0.1) is 13.7 Å². The van der Waals surface area contributed by atoms with Crippen molar-refractivity contribution in [2.45, 2.75) is 32.6 Å². The zero-order valence-electron chi connectivity index (χ0n) is 11.9. The lowest BCUT2D eigenvalue weighted by Crippen LogP contribution is -2.08. The zero-order chi connectivity index (χ0) is 14.4. The van der Waals surface area contributed by atoms with Gasteiger partial charge in [-0.15, -0.1) is 11.6 Å². The molecule has 0 radical (unpaired) electrons. The highest BCUT2D eigenvalue weighted by molar-refractivity contribution is 6.31. The molecule has 1 atom stereocenters. The first-order valence-electron chi connectivity index (χ1n) is 6.47. The molecule has 106 valence electrons. The van der Waals surface area contributed by atoms with Crippen LogP contribution in [0, 0.1) is 5.92 Å². The second kappa shape index (κ2) is 7.39. The van der Waals surface area contributed by atoms with E-state index in [1.54, 1.807) is 32.2 Å². The number of hydrogen-bond donors (Lipinski definition) is 0. The molecular weight excluding hydrogens is 264 g/mol. The molecule has 0 fully saturated rings. The molecule has 0 aliphatic carbocycles. The fourth-order valence-corrected chi connectivity index (χ4v) is 1.88. The first-order chi connectivity index (χ1) is 8.99. The molecule has 0 saturated heterocycles. The molecule has 4 heteroatoms. The van der Waals surface area contributed by atoms with Crippen molar-refractivity contribution in [2.75, 3.05) is 13.7 Å². The Kier molecular flexibility index (Phi) is 6.16.